The summed E-state index contributed by atoms with van der Waals surface area (Å²) < 4.78 is 11.4. The third-order valence-corrected chi connectivity index (χ3v) is 8.21. The van der Waals surface area contributed by atoms with Gasteiger partial charge in [-0.15, -0.1) is 0 Å². The first-order valence-corrected chi connectivity index (χ1v) is 14.1. The fourth-order valence-corrected chi connectivity index (χ4v) is 5.86. The average Bonchev–Trinajstić information content (AvgIpc) is 3.35. The number of rotatable bonds is 16. The third kappa shape index (κ3) is 9.14. The molecule has 11 nitrogen and oxygen atoms in total. The van der Waals surface area contributed by atoms with Gasteiger partial charge in [-0.3, -0.25) is 24.1 Å². The highest BCUT2D eigenvalue weighted by Gasteiger charge is 2.41. The van der Waals surface area contributed by atoms with Gasteiger partial charge in [-0.1, -0.05) is 41.0 Å². The van der Waals surface area contributed by atoms with Crippen molar-refractivity contribution in [1.29, 1.82) is 0 Å². The number of hydrogen-bond acceptors (Lipinski definition) is 7. The van der Waals surface area contributed by atoms with Crippen LogP contribution in [0.15, 0.2) is 0 Å². The van der Waals surface area contributed by atoms with E-state index in [2.05, 4.69) is 5.32 Å². The van der Waals surface area contributed by atoms with Crippen LogP contribution >= 0.6 is 0 Å². The summed E-state index contributed by atoms with van der Waals surface area (Å²) in [5.74, 6) is -1.45. The molecule has 1 aliphatic rings. The molecular formula is C28H53N5O6. The van der Waals surface area contributed by atoms with E-state index >= 15 is 0 Å². The molecule has 11 heteroatoms. The third-order valence-electron chi connectivity index (χ3n) is 8.21. The number of primary amides is 1. The first-order chi connectivity index (χ1) is 18.2. The molecule has 0 saturated carbocycles. The number of carbonyl (C=O) groups is 4. The Balaban J connectivity index is 3.04. The first kappa shape index (κ1) is 34.8. The number of likely N-dealkylation sites (tertiary alicyclic amines) is 1. The molecule has 0 radical (unpaired) electrons. The van der Waals surface area contributed by atoms with Gasteiger partial charge in [-0.25, -0.2) is 0 Å². The molecule has 226 valence electrons. The van der Waals surface area contributed by atoms with E-state index in [-0.39, 0.29) is 60.6 Å². The fourth-order valence-electron chi connectivity index (χ4n) is 5.86. The van der Waals surface area contributed by atoms with Crippen LogP contribution in [0.4, 0.5) is 0 Å². The number of methoxy groups -OCH3 is 2. The molecule has 1 aliphatic heterocycles. The van der Waals surface area contributed by atoms with E-state index in [0.29, 0.717) is 6.54 Å². The molecule has 0 unspecified atom stereocenters. The van der Waals surface area contributed by atoms with Gasteiger partial charge in [0.2, 0.25) is 23.6 Å². The van der Waals surface area contributed by atoms with Crippen LogP contribution < -0.4 is 11.1 Å². The number of nitrogens with zero attached hydrogens (tertiary/aromatic N) is 3. The maximum atomic E-state index is 13.6. The highest BCUT2D eigenvalue weighted by atomic mass is 16.5. The van der Waals surface area contributed by atoms with Gasteiger partial charge in [0.15, 0.2) is 0 Å². The first-order valence-electron chi connectivity index (χ1n) is 14.1. The number of likely N-dealkylation sites (N-methyl/N-ethyl adjacent to an activating group) is 2. The number of hydrogen-bond donors (Lipinski definition) is 2. The monoisotopic (exact) mass is 555 g/mol. The van der Waals surface area contributed by atoms with E-state index in [4.69, 9.17) is 15.2 Å². The molecule has 1 heterocycles. The summed E-state index contributed by atoms with van der Waals surface area (Å²) in [6.45, 7) is 10.1. The molecule has 1 saturated heterocycles. The van der Waals surface area contributed by atoms with Crippen molar-refractivity contribution in [2.45, 2.75) is 90.6 Å². The van der Waals surface area contributed by atoms with E-state index < -0.39 is 24.0 Å². The Morgan fingerprint density at radius 2 is 1.67 bits per heavy atom. The number of nitrogens with one attached hydrogen (secondary N) is 1. The van der Waals surface area contributed by atoms with E-state index in [1.807, 2.05) is 46.7 Å². The standard InChI is InChI=1S/C28H53N5O6/c1-11-18(4)25(32(8)23(35)16-30-28(37)24(17(2)3)31(6)7)21(38-9)15-22(34)33-14-12-13-20(33)26(39-10)19(5)27(29)36/h17-21,24-26H,11-16H2,1-10H3,(H2,29,36)(H,30,37)/t18-,19+,20-,21+,24-,25-,26+/m0/s1. The SMILES string of the molecule is CC[C@H](C)[C@@H]([C@@H](CC(=O)N1CCC[C@H]1[C@H](OC)[C@@H](C)C(N)=O)OC)N(C)C(=O)CNC(=O)[C@H](C(C)C)N(C)C. The lowest BCUT2D eigenvalue weighted by Gasteiger charge is -2.39. The molecule has 0 aromatic carbocycles. The number of ether oxygens (including phenoxy) is 2. The van der Waals surface area contributed by atoms with Crippen molar-refractivity contribution in [1.82, 2.24) is 20.0 Å². The second kappa shape index (κ2) is 16.1. The Kier molecular flexibility index (Phi) is 14.4. The summed E-state index contributed by atoms with van der Waals surface area (Å²) in [6.07, 6.45) is 1.31. The molecule has 0 aromatic rings. The van der Waals surface area contributed by atoms with Gasteiger partial charge in [0.1, 0.15) is 0 Å². The van der Waals surface area contributed by atoms with Gasteiger partial charge in [0.05, 0.1) is 49.2 Å². The minimum atomic E-state index is -0.557. The number of carbonyl (C=O) groups excluding carboxylic acids is 4. The van der Waals surface area contributed by atoms with E-state index in [1.165, 1.54) is 7.11 Å². The lowest BCUT2D eigenvalue weighted by Crippen LogP contribution is -2.55. The molecule has 0 aliphatic carbocycles. The smallest absolute Gasteiger partial charge is 0.242 e. The van der Waals surface area contributed by atoms with Crippen molar-refractivity contribution < 1.29 is 28.7 Å². The van der Waals surface area contributed by atoms with Crippen LogP contribution in [-0.2, 0) is 28.7 Å². The number of amides is 4. The van der Waals surface area contributed by atoms with Crippen molar-refractivity contribution in [3.05, 3.63) is 0 Å². The number of nitrogens with two attached hydrogens (primary N) is 1. The normalized spacial score (nSPS) is 20.3. The Hall–Kier alpha value is -2.24. The zero-order valence-corrected chi connectivity index (χ0v) is 25.7. The largest absolute Gasteiger partial charge is 0.379 e. The maximum Gasteiger partial charge on any atom is 0.242 e. The Morgan fingerprint density at radius 3 is 2.13 bits per heavy atom. The van der Waals surface area contributed by atoms with Crippen molar-refractivity contribution in [2.75, 3.05) is 48.5 Å². The second-order valence-corrected chi connectivity index (χ2v) is 11.4. The van der Waals surface area contributed by atoms with E-state index in [0.717, 1.165) is 19.3 Å². The quantitative estimate of drug-likeness (QED) is 0.291. The molecule has 1 fully saturated rings. The Bertz CT molecular complexity index is 814. The summed E-state index contributed by atoms with van der Waals surface area (Å²) in [5, 5.41) is 2.79. The van der Waals surface area contributed by atoms with Crippen molar-refractivity contribution in [3.8, 4) is 0 Å². The van der Waals surface area contributed by atoms with E-state index in [9.17, 15) is 19.2 Å². The maximum absolute atomic E-state index is 13.6. The van der Waals surface area contributed by atoms with Gasteiger partial charge >= 0.3 is 0 Å². The van der Waals surface area contributed by atoms with Gasteiger partial charge in [0.25, 0.3) is 0 Å². The lowest BCUT2D eigenvalue weighted by molar-refractivity contribution is -0.145. The van der Waals surface area contributed by atoms with Gasteiger partial charge in [0, 0.05) is 27.8 Å². The summed E-state index contributed by atoms with van der Waals surface area (Å²) in [4.78, 5) is 56.6. The van der Waals surface area contributed by atoms with Gasteiger partial charge < -0.3 is 30.3 Å². The van der Waals surface area contributed by atoms with Crippen LogP contribution in [0.1, 0.15) is 60.3 Å². The van der Waals surface area contributed by atoms with Crippen LogP contribution in [0, 0.1) is 17.8 Å². The summed E-state index contributed by atoms with van der Waals surface area (Å²) in [5.41, 5.74) is 5.53. The predicted molar refractivity (Wildman–Crippen MR) is 151 cm³/mol. The Labute approximate surface area is 235 Å². The van der Waals surface area contributed by atoms with Crippen molar-refractivity contribution in [3.63, 3.8) is 0 Å². The summed E-state index contributed by atoms with van der Waals surface area (Å²) in [7, 11) is 8.45. The second-order valence-electron chi connectivity index (χ2n) is 11.4. The molecular weight excluding hydrogens is 502 g/mol. The fraction of sp³-hybridized carbons (Fsp3) is 0.857. The summed E-state index contributed by atoms with van der Waals surface area (Å²) >= 11 is 0. The van der Waals surface area contributed by atoms with Crippen LogP contribution in [-0.4, -0.2) is 117 Å². The van der Waals surface area contributed by atoms with Crippen molar-refractivity contribution in [2.24, 2.45) is 23.5 Å². The minimum absolute atomic E-state index is 0.0357. The highest BCUT2D eigenvalue weighted by Crippen LogP contribution is 2.29. The minimum Gasteiger partial charge on any atom is -0.379 e. The summed E-state index contributed by atoms with van der Waals surface area (Å²) in [6, 6.07) is -0.990. The zero-order chi connectivity index (χ0) is 30.0. The molecule has 3 N–H and O–H groups in total. The Morgan fingerprint density at radius 1 is 1.05 bits per heavy atom. The lowest BCUT2D eigenvalue weighted by atomic mass is 9.90. The van der Waals surface area contributed by atoms with Crippen LogP contribution in [0.2, 0.25) is 0 Å². The van der Waals surface area contributed by atoms with Crippen molar-refractivity contribution >= 4 is 23.6 Å². The molecule has 0 bridgehead atoms. The molecule has 7 atom stereocenters. The highest BCUT2D eigenvalue weighted by molar-refractivity contribution is 5.87. The van der Waals surface area contributed by atoms with Crippen LogP contribution in [0.5, 0.6) is 0 Å². The van der Waals surface area contributed by atoms with Crippen LogP contribution in [0.25, 0.3) is 0 Å². The topological polar surface area (TPSA) is 135 Å². The predicted octanol–water partition coefficient (Wildman–Crippen LogP) is 1.09. The zero-order valence-electron chi connectivity index (χ0n) is 25.7. The van der Waals surface area contributed by atoms with Gasteiger partial charge in [-0.05, 0) is 38.8 Å². The average molecular weight is 556 g/mol. The molecule has 4 amide bonds. The molecule has 0 spiro atoms. The van der Waals surface area contributed by atoms with E-state index in [1.54, 1.807) is 30.9 Å². The van der Waals surface area contributed by atoms with Crippen LogP contribution in [0.3, 0.4) is 0 Å². The van der Waals surface area contributed by atoms with Gasteiger partial charge in [-0.2, -0.15) is 0 Å². The molecule has 0 aromatic heterocycles. The molecule has 39 heavy (non-hydrogen) atoms. The molecule has 1 rings (SSSR count).